The summed E-state index contributed by atoms with van der Waals surface area (Å²) in [4.78, 5) is 20.5. The number of aromatic nitrogens is 2. The van der Waals surface area contributed by atoms with E-state index in [1.807, 2.05) is 0 Å². The van der Waals surface area contributed by atoms with Gasteiger partial charge in [0, 0.05) is 24.1 Å². The van der Waals surface area contributed by atoms with E-state index in [2.05, 4.69) is 20.6 Å². The quantitative estimate of drug-likeness (QED) is 0.904. The summed E-state index contributed by atoms with van der Waals surface area (Å²) in [5.41, 5.74) is 0.739. The summed E-state index contributed by atoms with van der Waals surface area (Å²) < 4.78 is 13.1. The number of anilines is 2. The second kappa shape index (κ2) is 7.17. The third-order valence-corrected chi connectivity index (χ3v) is 3.93. The van der Waals surface area contributed by atoms with Gasteiger partial charge in [0.15, 0.2) is 0 Å². The van der Waals surface area contributed by atoms with Crippen molar-refractivity contribution in [2.24, 2.45) is 0 Å². The van der Waals surface area contributed by atoms with Gasteiger partial charge in [0.1, 0.15) is 5.82 Å². The molecule has 1 saturated carbocycles. The molecular weight excluding hydrogens is 295 g/mol. The number of nitrogens with one attached hydrogen (secondary N) is 2. The second-order valence-corrected chi connectivity index (χ2v) is 5.74. The summed E-state index contributed by atoms with van der Waals surface area (Å²) in [5.74, 6) is -0.217. The summed E-state index contributed by atoms with van der Waals surface area (Å²) in [6, 6.07) is 6.16. The Morgan fingerprint density at radius 3 is 2.57 bits per heavy atom. The highest BCUT2D eigenvalue weighted by molar-refractivity contribution is 6.03. The SMILES string of the molecule is O=C(Nc1cccc(F)c1)c1cnc(NC2CCCCC2)nc1. The number of benzene rings is 1. The number of amides is 1. The van der Waals surface area contributed by atoms with Gasteiger partial charge in [0.2, 0.25) is 5.95 Å². The van der Waals surface area contributed by atoms with Crippen LogP contribution in [0.2, 0.25) is 0 Å². The van der Waals surface area contributed by atoms with Gasteiger partial charge in [-0.05, 0) is 31.0 Å². The third kappa shape index (κ3) is 4.25. The minimum absolute atomic E-state index is 0.337. The lowest BCUT2D eigenvalue weighted by Crippen LogP contribution is -2.23. The van der Waals surface area contributed by atoms with Crippen molar-refractivity contribution in [2.45, 2.75) is 38.1 Å². The molecule has 1 amide bonds. The summed E-state index contributed by atoms with van der Waals surface area (Å²) in [6.45, 7) is 0. The van der Waals surface area contributed by atoms with E-state index in [-0.39, 0.29) is 5.91 Å². The van der Waals surface area contributed by atoms with E-state index in [9.17, 15) is 9.18 Å². The molecule has 6 heteroatoms. The van der Waals surface area contributed by atoms with E-state index in [4.69, 9.17) is 0 Å². The van der Waals surface area contributed by atoms with Crippen molar-refractivity contribution in [2.75, 3.05) is 10.6 Å². The third-order valence-electron chi connectivity index (χ3n) is 3.93. The molecule has 1 aliphatic rings. The first-order valence-electron chi connectivity index (χ1n) is 7.86. The van der Waals surface area contributed by atoms with Gasteiger partial charge >= 0.3 is 0 Å². The summed E-state index contributed by atoms with van der Waals surface area (Å²) >= 11 is 0. The highest BCUT2D eigenvalue weighted by atomic mass is 19.1. The molecule has 0 spiro atoms. The van der Waals surface area contributed by atoms with Crippen LogP contribution in [-0.2, 0) is 0 Å². The molecule has 0 bridgehead atoms. The van der Waals surface area contributed by atoms with E-state index in [0.29, 0.717) is 23.2 Å². The predicted octanol–water partition coefficient (Wildman–Crippen LogP) is 3.61. The van der Waals surface area contributed by atoms with Crippen LogP contribution < -0.4 is 10.6 Å². The lowest BCUT2D eigenvalue weighted by atomic mass is 9.96. The van der Waals surface area contributed by atoms with Crippen molar-refractivity contribution < 1.29 is 9.18 Å². The van der Waals surface area contributed by atoms with E-state index < -0.39 is 5.82 Å². The molecule has 2 aromatic rings. The zero-order valence-corrected chi connectivity index (χ0v) is 12.8. The summed E-state index contributed by atoms with van der Waals surface area (Å²) in [6.07, 6.45) is 8.96. The van der Waals surface area contributed by atoms with Crippen LogP contribution >= 0.6 is 0 Å². The number of halogens is 1. The summed E-state index contributed by atoms with van der Waals surface area (Å²) in [5, 5.41) is 5.92. The van der Waals surface area contributed by atoms with Crippen molar-refractivity contribution in [3.63, 3.8) is 0 Å². The molecule has 0 radical (unpaired) electrons. The average Bonchev–Trinajstić information content (AvgIpc) is 2.56. The molecule has 1 aromatic heterocycles. The minimum Gasteiger partial charge on any atom is -0.351 e. The lowest BCUT2D eigenvalue weighted by Gasteiger charge is -2.22. The molecule has 1 aromatic carbocycles. The van der Waals surface area contributed by atoms with Crippen LogP contribution in [0.5, 0.6) is 0 Å². The first-order valence-corrected chi connectivity index (χ1v) is 7.86. The van der Waals surface area contributed by atoms with Crippen LogP contribution in [0.4, 0.5) is 16.0 Å². The minimum atomic E-state index is -0.397. The smallest absolute Gasteiger partial charge is 0.258 e. The molecule has 1 fully saturated rings. The predicted molar refractivity (Wildman–Crippen MR) is 86.9 cm³/mol. The van der Waals surface area contributed by atoms with Gasteiger partial charge in [-0.2, -0.15) is 0 Å². The van der Waals surface area contributed by atoms with Crippen molar-refractivity contribution in [3.05, 3.63) is 48.0 Å². The van der Waals surface area contributed by atoms with Crippen LogP contribution in [0, 0.1) is 5.82 Å². The Bertz CT molecular complexity index is 669. The molecule has 120 valence electrons. The summed E-state index contributed by atoms with van der Waals surface area (Å²) in [7, 11) is 0. The number of carbonyl (C=O) groups excluding carboxylic acids is 1. The average molecular weight is 314 g/mol. The maximum Gasteiger partial charge on any atom is 0.258 e. The van der Waals surface area contributed by atoms with E-state index in [0.717, 1.165) is 12.8 Å². The van der Waals surface area contributed by atoms with Crippen molar-refractivity contribution in [3.8, 4) is 0 Å². The molecule has 1 aliphatic carbocycles. The molecule has 0 unspecified atom stereocenters. The van der Waals surface area contributed by atoms with Gasteiger partial charge < -0.3 is 10.6 Å². The van der Waals surface area contributed by atoms with E-state index >= 15 is 0 Å². The monoisotopic (exact) mass is 314 g/mol. The number of hydrogen-bond donors (Lipinski definition) is 2. The number of rotatable bonds is 4. The Morgan fingerprint density at radius 1 is 1.13 bits per heavy atom. The maximum absolute atomic E-state index is 13.1. The zero-order valence-electron chi connectivity index (χ0n) is 12.8. The molecule has 23 heavy (non-hydrogen) atoms. The van der Waals surface area contributed by atoms with Crippen molar-refractivity contribution in [1.82, 2.24) is 9.97 Å². The van der Waals surface area contributed by atoms with Gasteiger partial charge in [0.05, 0.1) is 5.56 Å². The zero-order chi connectivity index (χ0) is 16.1. The largest absolute Gasteiger partial charge is 0.351 e. The fourth-order valence-electron chi connectivity index (χ4n) is 2.72. The van der Waals surface area contributed by atoms with Gasteiger partial charge in [0.25, 0.3) is 5.91 Å². The maximum atomic E-state index is 13.1. The van der Waals surface area contributed by atoms with Crippen molar-refractivity contribution >= 4 is 17.5 Å². The highest BCUT2D eigenvalue weighted by Crippen LogP contribution is 2.20. The lowest BCUT2D eigenvalue weighted by molar-refractivity contribution is 0.102. The number of carbonyl (C=O) groups is 1. The Morgan fingerprint density at radius 2 is 1.87 bits per heavy atom. The Hall–Kier alpha value is -2.50. The molecule has 0 aliphatic heterocycles. The Kier molecular flexibility index (Phi) is 4.80. The van der Waals surface area contributed by atoms with Gasteiger partial charge in [-0.15, -0.1) is 0 Å². The van der Waals surface area contributed by atoms with Crippen LogP contribution in [-0.4, -0.2) is 21.9 Å². The molecule has 0 saturated heterocycles. The molecule has 2 N–H and O–H groups in total. The number of hydrogen-bond acceptors (Lipinski definition) is 4. The fraction of sp³-hybridized carbons (Fsp3) is 0.353. The normalized spacial score (nSPS) is 15.2. The first kappa shape index (κ1) is 15.4. The van der Waals surface area contributed by atoms with Crippen molar-refractivity contribution in [1.29, 1.82) is 0 Å². The molecule has 3 rings (SSSR count). The van der Waals surface area contributed by atoms with Crippen LogP contribution in [0.1, 0.15) is 42.5 Å². The van der Waals surface area contributed by atoms with Gasteiger partial charge in [-0.25, -0.2) is 14.4 Å². The molecule has 0 atom stereocenters. The van der Waals surface area contributed by atoms with Crippen LogP contribution in [0.3, 0.4) is 0 Å². The molecule has 1 heterocycles. The van der Waals surface area contributed by atoms with Gasteiger partial charge in [-0.1, -0.05) is 25.3 Å². The van der Waals surface area contributed by atoms with Crippen LogP contribution in [0.15, 0.2) is 36.7 Å². The number of nitrogens with zero attached hydrogens (tertiary/aromatic N) is 2. The van der Waals surface area contributed by atoms with E-state index in [1.165, 1.54) is 43.8 Å². The van der Waals surface area contributed by atoms with Crippen LogP contribution in [0.25, 0.3) is 0 Å². The fourth-order valence-corrected chi connectivity index (χ4v) is 2.72. The Labute approximate surface area is 134 Å². The van der Waals surface area contributed by atoms with Gasteiger partial charge in [-0.3, -0.25) is 4.79 Å². The second-order valence-electron chi connectivity index (χ2n) is 5.74. The van der Waals surface area contributed by atoms with E-state index in [1.54, 1.807) is 12.1 Å². The molecular formula is C17H19FN4O. The highest BCUT2D eigenvalue weighted by Gasteiger charge is 2.14. The Balaban J connectivity index is 1.60. The first-order chi connectivity index (χ1) is 11.2. The standard InChI is InChI=1S/C17H19FN4O/c18-13-5-4-8-15(9-13)21-16(23)12-10-19-17(20-11-12)22-14-6-2-1-3-7-14/h4-5,8-11,14H,1-3,6-7H2,(H,21,23)(H,19,20,22). The molecule has 5 nitrogen and oxygen atoms in total. The topological polar surface area (TPSA) is 66.9 Å².